The molecule has 0 fully saturated rings. The number of anilines is 1. The third kappa shape index (κ3) is 3.82. The van der Waals surface area contributed by atoms with E-state index in [2.05, 4.69) is 13.0 Å². The van der Waals surface area contributed by atoms with Crippen LogP contribution in [0.1, 0.15) is 31.7 Å². The van der Waals surface area contributed by atoms with E-state index in [1.54, 1.807) is 0 Å². The lowest BCUT2D eigenvalue weighted by atomic mass is 10.1. The highest BCUT2D eigenvalue weighted by Gasteiger charge is 2.00. The standard InChI is InChI=1S/C13H18N2O/c1-2-11-6-7-13(12(15)10-11)16-9-5-3-4-8-14/h6-7,10H,2-5,9,15H2,1H3. The maximum Gasteiger partial charge on any atom is 0.142 e. The second kappa shape index (κ2) is 6.73. The van der Waals surface area contributed by atoms with Gasteiger partial charge in [0.1, 0.15) is 5.75 Å². The minimum atomic E-state index is 0.591. The number of nitriles is 1. The van der Waals surface area contributed by atoms with Gasteiger partial charge in [-0.1, -0.05) is 13.0 Å². The zero-order valence-corrected chi connectivity index (χ0v) is 9.70. The number of rotatable bonds is 6. The second-order valence-corrected chi connectivity index (χ2v) is 3.69. The summed E-state index contributed by atoms with van der Waals surface area (Å²) in [5.74, 6) is 0.745. The zero-order chi connectivity index (χ0) is 11.8. The van der Waals surface area contributed by atoms with E-state index in [4.69, 9.17) is 15.7 Å². The molecule has 3 nitrogen and oxygen atoms in total. The van der Waals surface area contributed by atoms with Crippen molar-refractivity contribution in [3.63, 3.8) is 0 Å². The number of ether oxygens (including phenoxy) is 1. The van der Waals surface area contributed by atoms with Gasteiger partial charge in [0.05, 0.1) is 18.4 Å². The van der Waals surface area contributed by atoms with Gasteiger partial charge in [0, 0.05) is 6.42 Å². The number of nitrogens with zero attached hydrogens (tertiary/aromatic N) is 1. The molecule has 0 unspecified atom stereocenters. The summed E-state index contributed by atoms with van der Waals surface area (Å²) in [6, 6.07) is 8.01. The van der Waals surface area contributed by atoms with Crippen molar-refractivity contribution in [1.29, 1.82) is 5.26 Å². The topological polar surface area (TPSA) is 59.0 Å². The number of hydrogen-bond donors (Lipinski definition) is 1. The third-order valence-electron chi connectivity index (χ3n) is 2.42. The van der Waals surface area contributed by atoms with Crippen molar-refractivity contribution in [3.05, 3.63) is 23.8 Å². The van der Waals surface area contributed by atoms with E-state index in [9.17, 15) is 0 Å². The first-order valence-electron chi connectivity index (χ1n) is 5.66. The average molecular weight is 218 g/mol. The van der Waals surface area contributed by atoms with Crippen molar-refractivity contribution in [2.75, 3.05) is 12.3 Å². The molecule has 1 rings (SSSR count). The van der Waals surface area contributed by atoms with E-state index in [1.807, 2.05) is 18.2 Å². The molecule has 0 heterocycles. The first-order chi connectivity index (χ1) is 7.77. The van der Waals surface area contributed by atoms with Crippen molar-refractivity contribution in [2.45, 2.75) is 32.6 Å². The number of nitrogens with two attached hydrogens (primary N) is 1. The fourth-order valence-electron chi connectivity index (χ4n) is 1.44. The van der Waals surface area contributed by atoms with Crippen LogP contribution in [0.25, 0.3) is 0 Å². The Morgan fingerprint density at radius 1 is 1.38 bits per heavy atom. The van der Waals surface area contributed by atoms with Crippen LogP contribution in [0.2, 0.25) is 0 Å². The molecule has 2 N–H and O–H groups in total. The fourth-order valence-corrected chi connectivity index (χ4v) is 1.44. The highest BCUT2D eigenvalue weighted by Crippen LogP contribution is 2.22. The summed E-state index contributed by atoms with van der Waals surface area (Å²) in [5.41, 5.74) is 7.77. The Kier molecular flexibility index (Phi) is 5.21. The SMILES string of the molecule is CCc1ccc(OCCCCC#N)c(N)c1. The summed E-state index contributed by atoms with van der Waals surface area (Å²) in [5, 5.41) is 8.37. The zero-order valence-electron chi connectivity index (χ0n) is 9.70. The molecule has 1 aromatic rings. The molecular formula is C13H18N2O. The molecule has 0 spiro atoms. The highest BCUT2D eigenvalue weighted by molar-refractivity contribution is 5.54. The van der Waals surface area contributed by atoms with Crippen LogP contribution in [0.3, 0.4) is 0 Å². The first-order valence-corrected chi connectivity index (χ1v) is 5.66. The van der Waals surface area contributed by atoms with Crippen LogP contribution >= 0.6 is 0 Å². The number of unbranched alkanes of at least 4 members (excludes halogenated alkanes) is 2. The predicted octanol–water partition coefficient (Wildman–Crippen LogP) is 2.90. The van der Waals surface area contributed by atoms with Gasteiger partial charge in [-0.3, -0.25) is 0 Å². The third-order valence-corrected chi connectivity index (χ3v) is 2.42. The molecule has 0 aliphatic heterocycles. The summed E-state index contributed by atoms with van der Waals surface area (Å²) in [7, 11) is 0. The Morgan fingerprint density at radius 3 is 2.81 bits per heavy atom. The molecule has 0 radical (unpaired) electrons. The van der Waals surface area contributed by atoms with Crippen molar-refractivity contribution < 1.29 is 4.74 Å². The monoisotopic (exact) mass is 218 g/mol. The smallest absolute Gasteiger partial charge is 0.142 e. The van der Waals surface area contributed by atoms with E-state index in [0.29, 0.717) is 18.7 Å². The Morgan fingerprint density at radius 2 is 2.19 bits per heavy atom. The minimum Gasteiger partial charge on any atom is -0.491 e. The molecule has 0 amide bonds. The molecule has 86 valence electrons. The maximum absolute atomic E-state index is 8.37. The molecule has 0 aliphatic rings. The van der Waals surface area contributed by atoms with Gasteiger partial charge in [0.25, 0.3) is 0 Å². The fraction of sp³-hybridized carbons (Fsp3) is 0.462. The van der Waals surface area contributed by atoms with Crippen LogP contribution in [0, 0.1) is 11.3 Å². The van der Waals surface area contributed by atoms with Gasteiger partial charge in [0.15, 0.2) is 0 Å². The molecule has 1 aromatic carbocycles. The first kappa shape index (κ1) is 12.4. The molecule has 3 heteroatoms. The number of aryl methyl sites for hydroxylation is 1. The minimum absolute atomic E-state index is 0.591. The van der Waals surface area contributed by atoms with Crippen LogP contribution in [-0.2, 0) is 6.42 Å². The van der Waals surface area contributed by atoms with E-state index < -0.39 is 0 Å². The molecule has 0 aromatic heterocycles. The van der Waals surface area contributed by atoms with Crippen LogP contribution in [-0.4, -0.2) is 6.61 Å². The summed E-state index contributed by atoms with van der Waals surface area (Å²) in [6.45, 7) is 2.72. The van der Waals surface area contributed by atoms with Crippen molar-refractivity contribution in [3.8, 4) is 11.8 Å². The average Bonchev–Trinajstić information content (AvgIpc) is 2.30. The molecule has 16 heavy (non-hydrogen) atoms. The quantitative estimate of drug-likeness (QED) is 0.590. The summed E-state index contributed by atoms with van der Waals surface area (Å²) >= 11 is 0. The normalized spacial score (nSPS) is 9.75. The lowest BCUT2D eigenvalue weighted by Crippen LogP contribution is -2.00. The number of nitrogen functional groups attached to an aromatic ring is 1. The van der Waals surface area contributed by atoms with Gasteiger partial charge in [0.2, 0.25) is 0 Å². The molecule has 0 atom stereocenters. The van der Waals surface area contributed by atoms with Crippen LogP contribution in [0.4, 0.5) is 5.69 Å². The Bertz CT molecular complexity index is 369. The van der Waals surface area contributed by atoms with Crippen molar-refractivity contribution in [2.24, 2.45) is 0 Å². The van der Waals surface area contributed by atoms with Crippen molar-refractivity contribution >= 4 is 5.69 Å². The van der Waals surface area contributed by atoms with Crippen LogP contribution in [0.15, 0.2) is 18.2 Å². The van der Waals surface area contributed by atoms with Gasteiger partial charge < -0.3 is 10.5 Å². The van der Waals surface area contributed by atoms with Crippen LogP contribution < -0.4 is 10.5 Å². The Hall–Kier alpha value is -1.69. The highest BCUT2D eigenvalue weighted by atomic mass is 16.5. The van der Waals surface area contributed by atoms with Crippen LogP contribution in [0.5, 0.6) is 5.75 Å². The predicted molar refractivity (Wildman–Crippen MR) is 65.2 cm³/mol. The summed E-state index contributed by atoms with van der Waals surface area (Å²) in [6.07, 6.45) is 3.34. The number of hydrogen-bond acceptors (Lipinski definition) is 3. The lowest BCUT2D eigenvalue weighted by Gasteiger charge is -2.09. The molecule has 0 saturated carbocycles. The molecule has 0 aliphatic carbocycles. The van der Waals surface area contributed by atoms with E-state index in [-0.39, 0.29) is 0 Å². The van der Waals surface area contributed by atoms with E-state index in [1.165, 1.54) is 5.56 Å². The molecular weight excluding hydrogens is 200 g/mol. The van der Waals surface area contributed by atoms with Gasteiger partial charge in [-0.05, 0) is 37.0 Å². The van der Waals surface area contributed by atoms with Gasteiger partial charge in [-0.25, -0.2) is 0 Å². The molecule has 0 bridgehead atoms. The Labute approximate surface area is 96.8 Å². The lowest BCUT2D eigenvalue weighted by molar-refractivity contribution is 0.309. The summed E-state index contributed by atoms with van der Waals surface area (Å²) < 4.78 is 5.55. The number of benzene rings is 1. The Balaban J connectivity index is 2.40. The summed E-state index contributed by atoms with van der Waals surface area (Å²) in [4.78, 5) is 0. The maximum atomic E-state index is 8.37. The van der Waals surface area contributed by atoms with Gasteiger partial charge in [-0.15, -0.1) is 0 Å². The second-order valence-electron chi connectivity index (χ2n) is 3.69. The van der Waals surface area contributed by atoms with E-state index in [0.717, 1.165) is 25.0 Å². The van der Waals surface area contributed by atoms with Gasteiger partial charge in [-0.2, -0.15) is 5.26 Å². The largest absolute Gasteiger partial charge is 0.491 e. The van der Waals surface area contributed by atoms with Gasteiger partial charge >= 0.3 is 0 Å². The van der Waals surface area contributed by atoms with E-state index >= 15 is 0 Å². The molecule has 0 saturated heterocycles. The van der Waals surface area contributed by atoms with Crippen molar-refractivity contribution in [1.82, 2.24) is 0 Å².